The molecule has 138 valence electrons. The van der Waals surface area contributed by atoms with Crippen LogP contribution < -0.4 is 0 Å². The van der Waals surface area contributed by atoms with Crippen LogP contribution in [-0.4, -0.2) is 41.5 Å². The van der Waals surface area contributed by atoms with Gasteiger partial charge in [0.25, 0.3) is 0 Å². The Bertz CT molecular complexity index is 691. The van der Waals surface area contributed by atoms with Crippen LogP contribution in [0.5, 0.6) is 11.5 Å². The molecule has 2 amide bonds. The predicted molar refractivity (Wildman–Crippen MR) is 89.8 cm³/mol. The highest BCUT2D eigenvalue weighted by Crippen LogP contribution is 2.28. The molecule has 4 N–H and O–H groups in total. The average Bonchev–Trinajstić information content (AvgIpc) is 2.60. The minimum absolute atomic E-state index is 0.00394. The Morgan fingerprint density at radius 1 is 0.692 bits per heavy atom. The van der Waals surface area contributed by atoms with Gasteiger partial charge in [-0.05, 0) is 48.5 Å². The molecule has 0 fully saturated rings. The zero-order valence-electron chi connectivity index (χ0n) is 12.8. The van der Waals surface area contributed by atoms with E-state index < -0.39 is 12.2 Å². The summed E-state index contributed by atoms with van der Waals surface area (Å²) in [7, 11) is 0. The van der Waals surface area contributed by atoms with Crippen molar-refractivity contribution in [3.8, 4) is 11.5 Å². The molecule has 0 saturated heterocycles. The lowest BCUT2D eigenvalue weighted by Crippen LogP contribution is -2.29. The first-order chi connectivity index (χ1) is 12.3. The summed E-state index contributed by atoms with van der Waals surface area (Å²) >= 11 is 1.16. The van der Waals surface area contributed by atoms with Gasteiger partial charge in [0, 0.05) is 33.7 Å². The van der Waals surface area contributed by atoms with Crippen molar-refractivity contribution in [1.29, 1.82) is 0 Å². The summed E-state index contributed by atoms with van der Waals surface area (Å²) in [6.07, 6.45) is -3.11. The minimum Gasteiger partial charge on any atom is -0.508 e. The van der Waals surface area contributed by atoms with Gasteiger partial charge in [0.05, 0.1) is 0 Å². The lowest BCUT2D eigenvalue weighted by atomic mass is 10.3. The molecule has 26 heavy (non-hydrogen) atoms. The highest BCUT2D eigenvalue weighted by Gasteiger charge is 2.22. The van der Waals surface area contributed by atoms with Crippen LogP contribution in [0.3, 0.4) is 0 Å². The van der Waals surface area contributed by atoms with Crippen LogP contribution in [0.25, 0.3) is 0 Å². The van der Waals surface area contributed by atoms with E-state index in [1.54, 1.807) is 0 Å². The van der Waals surface area contributed by atoms with Gasteiger partial charge in [-0.15, -0.1) is 0 Å². The molecule has 0 spiro atoms. The van der Waals surface area contributed by atoms with Crippen molar-refractivity contribution in [2.75, 3.05) is 0 Å². The van der Waals surface area contributed by atoms with Crippen molar-refractivity contribution < 1.29 is 40.0 Å². The Kier molecular flexibility index (Phi) is 6.80. The number of nitrogens with zero attached hydrogens (tertiary/aromatic N) is 2. The largest absolute Gasteiger partial charge is 0.508 e. The van der Waals surface area contributed by atoms with E-state index in [0.717, 1.165) is 0 Å². The first-order valence-electron chi connectivity index (χ1n) is 6.70. The minimum atomic E-state index is -1.55. The fourth-order valence-electron chi connectivity index (χ4n) is 1.44. The molecule has 0 aliphatic rings. The van der Waals surface area contributed by atoms with Crippen LogP contribution in [0.15, 0.2) is 58.3 Å². The molecule has 0 bridgehead atoms. The number of aromatic hydroxyl groups is 2. The van der Waals surface area contributed by atoms with Gasteiger partial charge in [-0.25, -0.2) is 9.59 Å². The quantitative estimate of drug-likeness (QED) is 0.310. The van der Waals surface area contributed by atoms with Gasteiger partial charge in [-0.1, -0.05) is 18.9 Å². The van der Waals surface area contributed by atoms with E-state index in [4.69, 9.17) is 10.2 Å². The van der Waals surface area contributed by atoms with E-state index in [9.17, 15) is 19.8 Å². The monoisotopic (exact) mass is 400 g/mol. The molecule has 0 aromatic heterocycles. The summed E-state index contributed by atoms with van der Waals surface area (Å²) in [5.74, 6) is -0.00788. The molecular formula is C14H12N2O8S2. The van der Waals surface area contributed by atoms with Crippen molar-refractivity contribution in [2.24, 2.45) is 0 Å². The van der Waals surface area contributed by atoms with Crippen LogP contribution >= 0.6 is 23.9 Å². The van der Waals surface area contributed by atoms with Crippen molar-refractivity contribution >= 4 is 36.1 Å². The molecule has 2 rings (SSSR count). The number of carbonyl (C=O) groups is 2. The summed E-state index contributed by atoms with van der Waals surface area (Å²) in [4.78, 5) is 32.3. The molecule has 0 heterocycles. The van der Waals surface area contributed by atoms with E-state index in [2.05, 4.69) is 9.98 Å². The maximum absolute atomic E-state index is 11.2. The molecule has 12 heteroatoms. The molecule has 0 radical (unpaired) electrons. The van der Waals surface area contributed by atoms with Crippen molar-refractivity contribution in [3.63, 3.8) is 0 Å². The fourth-order valence-corrected chi connectivity index (χ4v) is 2.61. The normalized spacial score (nSPS) is 10.3. The second-order valence-corrected chi connectivity index (χ2v) is 6.37. The molecule has 0 saturated carbocycles. The third kappa shape index (κ3) is 5.93. The van der Waals surface area contributed by atoms with E-state index >= 15 is 0 Å². The second kappa shape index (κ2) is 9.05. The highest BCUT2D eigenvalue weighted by molar-refractivity contribution is 7.97. The maximum atomic E-state index is 11.2. The number of hydrogen-bond acceptors (Lipinski definition) is 8. The summed E-state index contributed by atoms with van der Waals surface area (Å²) in [6.45, 7) is 0. The van der Waals surface area contributed by atoms with E-state index in [0.29, 0.717) is 42.6 Å². The molecule has 0 aliphatic heterocycles. The van der Waals surface area contributed by atoms with Crippen LogP contribution in [0.4, 0.5) is 9.59 Å². The molecule has 2 aromatic carbocycles. The number of rotatable bonds is 7. The second-order valence-electron chi connectivity index (χ2n) is 4.40. The number of hydroxylamine groups is 2. The number of benzene rings is 2. The van der Waals surface area contributed by atoms with E-state index in [1.807, 2.05) is 0 Å². The standard InChI is InChI=1S/C14H12N2O8S2/c17-9-1-5-11(6-2-9)25-15(13(19)20)23-24-16(14(21)22)26-12-7-3-10(18)4-8-12/h1-8,17-18H,(H,19,20)(H,21,22). The van der Waals surface area contributed by atoms with E-state index in [1.165, 1.54) is 48.5 Å². The van der Waals surface area contributed by atoms with Gasteiger partial charge in [0.1, 0.15) is 11.5 Å². The highest BCUT2D eigenvalue weighted by atomic mass is 32.2. The van der Waals surface area contributed by atoms with Gasteiger partial charge in [0.15, 0.2) is 0 Å². The van der Waals surface area contributed by atoms with Gasteiger partial charge in [-0.3, -0.25) is 0 Å². The van der Waals surface area contributed by atoms with Crippen LogP contribution in [-0.2, 0) is 9.98 Å². The number of amides is 2. The molecule has 0 atom stereocenters. The summed E-state index contributed by atoms with van der Waals surface area (Å²) < 4.78 is 0.583. The van der Waals surface area contributed by atoms with Crippen LogP contribution in [0.2, 0.25) is 0 Å². The smallest absolute Gasteiger partial charge is 0.445 e. The Hall–Kier alpha value is -2.80. The lowest BCUT2D eigenvalue weighted by Gasteiger charge is -2.19. The van der Waals surface area contributed by atoms with Gasteiger partial charge in [-0.2, -0.15) is 0 Å². The average molecular weight is 400 g/mol. The number of phenols is 2. The fraction of sp³-hybridized carbons (Fsp3) is 0. The van der Waals surface area contributed by atoms with Crippen LogP contribution in [0, 0.1) is 0 Å². The first kappa shape index (κ1) is 19.5. The third-order valence-corrected chi connectivity index (χ3v) is 4.26. The SMILES string of the molecule is O=C(O)N(OON(Sc1ccc(O)cc1)C(=O)O)Sc1ccc(O)cc1. The maximum Gasteiger partial charge on any atom is 0.445 e. The van der Waals surface area contributed by atoms with Gasteiger partial charge in [0.2, 0.25) is 0 Å². The third-order valence-electron chi connectivity index (χ3n) is 2.53. The van der Waals surface area contributed by atoms with Crippen LogP contribution in [0.1, 0.15) is 0 Å². The molecule has 0 unspecified atom stereocenters. The predicted octanol–water partition coefficient (Wildman–Crippen LogP) is 3.55. The molecular weight excluding hydrogens is 388 g/mol. The zero-order valence-corrected chi connectivity index (χ0v) is 14.4. The molecule has 10 nitrogen and oxygen atoms in total. The summed E-state index contributed by atoms with van der Waals surface area (Å²) in [6, 6.07) is 11.1. The summed E-state index contributed by atoms with van der Waals surface area (Å²) in [5.41, 5.74) is 0. The Morgan fingerprint density at radius 3 is 1.27 bits per heavy atom. The zero-order chi connectivity index (χ0) is 19.1. The number of hydrogen-bond donors (Lipinski definition) is 4. The van der Waals surface area contributed by atoms with Gasteiger partial charge >= 0.3 is 12.2 Å². The lowest BCUT2D eigenvalue weighted by molar-refractivity contribution is -0.440. The van der Waals surface area contributed by atoms with E-state index in [-0.39, 0.29) is 11.5 Å². The number of phenolic OH excluding ortho intramolecular Hbond substituents is 2. The van der Waals surface area contributed by atoms with Crippen molar-refractivity contribution in [3.05, 3.63) is 48.5 Å². The molecule has 2 aromatic rings. The summed E-state index contributed by atoms with van der Waals surface area (Å²) in [5, 5.41) is 36.6. The van der Waals surface area contributed by atoms with Gasteiger partial charge < -0.3 is 20.4 Å². The van der Waals surface area contributed by atoms with Crippen molar-refractivity contribution in [2.45, 2.75) is 9.79 Å². The first-order valence-corrected chi connectivity index (χ1v) is 8.24. The molecule has 0 aliphatic carbocycles. The Balaban J connectivity index is 1.99. The van der Waals surface area contributed by atoms with Crippen molar-refractivity contribution in [1.82, 2.24) is 8.94 Å². The number of carboxylic acid groups (broad SMARTS) is 2. The Labute approximate surface area is 155 Å². The Morgan fingerprint density at radius 2 is 1.00 bits per heavy atom. The topological polar surface area (TPSA) is 140 Å².